The highest BCUT2D eigenvalue weighted by Crippen LogP contribution is 2.18. The summed E-state index contributed by atoms with van der Waals surface area (Å²) in [5.74, 6) is 0.641. The van der Waals surface area contributed by atoms with Crippen LogP contribution in [0.25, 0.3) is 27.6 Å². The number of rotatable bonds is 2. The van der Waals surface area contributed by atoms with Crippen LogP contribution in [-0.2, 0) is 0 Å². The molecular weight excluding hydrogens is 314 g/mol. The molecule has 25 heavy (non-hydrogen) atoms. The van der Waals surface area contributed by atoms with Crippen molar-refractivity contribution in [3.05, 3.63) is 81.0 Å². The summed E-state index contributed by atoms with van der Waals surface area (Å²) >= 11 is 0. The van der Waals surface area contributed by atoms with Gasteiger partial charge in [0.05, 0.1) is 11.2 Å². The molecule has 0 aliphatic rings. The number of hydrogen-bond acceptors (Lipinski definition) is 3. The SMILES string of the molecule is CC(C)c1nc2[nH]c3ccccc3c(=O)c2c(=O)n1-c1ccccc1. The van der Waals surface area contributed by atoms with E-state index in [0.29, 0.717) is 28.1 Å². The lowest BCUT2D eigenvalue weighted by atomic mass is 10.1. The van der Waals surface area contributed by atoms with Crippen LogP contribution >= 0.6 is 0 Å². The Balaban J connectivity index is 2.22. The van der Waals surface area contributed by atoms with Gasteiger partial charge in [0, 0.05) is 11.3 Å². The van der Waals surface area contributed by atoms with Gasteiger partial charge >= 0.3 is 0 Å². The number of nitrogens with one attached hydrogen (secondary N) is 1. The number of aromatic nitrogens is 3. The van der Waals surface area contributed by atoms with Crippen LogP contribution in [0.5, 0.6) is 0 Å². The fraction of sp³-hybridized carbons (Fsp3) is 0.150. The van der Waals surface area contributed by atoms with Crippen LogP contribution in [-0.4, -0.2) is 14.5 Å². The second-order valence-electron chi connectivity index (χ2n) is 6.32. The lowest BCUT2D eigenvalue weighted by Crippen LogP contribution is -2.28. The smallest absolute Gasteiger partial charge is 0.271 e. The van der Waals surface area contributed by atoms with Gasteiger partial charge in [-0.05, 0) is 24.3 Å². The molecule has 0 amide bonds. The summed E-state index contributed by atoms with van der Waals surface area (Å²) in [7, 11) is 0. The summed E-state index contributed by atoms with van der Waals surface area (Å²) in [6, 6.07) is 16.5. The first-order chi connectivity index (χ1) is 12.1. The van der Waals surface area contributed by atoms with Crippen molar-refractivity contribution in [2.75, 3.05) is 0 Å². The Bertz CT molecular complexity index is 1200. The van der Waals surface area contributed by atoms with Crippen molar-refractivity contribution in [2.24, 2.45) is 0 Å². The molecule has 0 spiro atoms. The Morgan fingerprint density at radius 3 is 2.36 bits per heavy atom. The van der Waals surface area contributed by atoms with Crippen molar-refractivity contribution in [1.29, 1.82) is 0 Å². The monoisotopic (exact) mass is 331 g/mol. The highest BCUT2D eigenvalue weighted by atomic mass is 16.1. The average Bonchev–Trinajstić information content (AvgIpc) is 2.62. The van der Waals surface area contributed by atoms with Crippen LogP contribution in [0.2, 0.25) is 0 Å². The summed E-state index contributed by atoms with van der Waals surface area (Å²) < 4.78 is 1.54. The Hall–Kier alpha value is -3.21. The molecule has 0 bridgehead atoms. The largest absolute Gasteiger partial charge is 0.339 e. The highest BCUT2D eigenvalue weighted by Gasteiger charge is 2.18. The van der Waals surface area contributed by atoms with E-state index in [2.05, 4.69) is 9.97 Å². The van der Waals surface area contributed by atoms with Crippen molar-refractivity contribution in [2.45, 2.75) is 19.8 Å². The van der Waals surface area contributed by atoms with E-state index in [1.807, 2.05) is 56.3 Å². The van der Waals surface area contributed by atoms with Gasteiger partial charge in [-0.3, -0.25) is 14.2 Å². The first-order valence-electron chi connectivity index (χ1n) is 8.21. The Morgan fingerprint density at radius 2 is 1.64 bits per heavy atom. The molecule has 124 valence electrons. The molecule has 0 atom stereocenters. The van der Waals surface area contributed by atoms with Crippen LogP contribution in [0.15, 0.2) is 64.2 Å². The van der Waals surface area contributed by atoms with Gasteiger partial charge in [0.2, 0.25) is 5.43 Å². The van der Waals surface area contributed by atoms with Gasteiger partial charge in [0.25, 0.3) is 5.56 Å². The second-order valence-corrected chi connectivity index (χ2v) is 6.32. The number of benzene rings is 2. The van der Waals surface area contributed by atoms with E-state index in [0.717, 1.165) is 0 Å². The van der Waals surface area contributed by atoms with E-state index < -0.39 is 0 Å². The topological polar surface area (TPSA) is 67.8 Å². The molecule has 5 heteroatoms. The maximum absolute atomic E-state index is 13.2. The van der Waals surface area contributed by atoms with Crippen LogP contribution < -0.4 is 11.0 Å². The highest BCUT2D eigenvalue weighted by molar-refractivity contribution is 5.90. The second kappa shape index (κ2) is 5.70. The van der Waals surface area contributed by atoms with Gasteiger partial charge in [-0.25, -0.2) is 4.98 Å². The van der Waals surface area contributed by atoms with Gasteiger partial charge < -0.3 is 4.98 Å². The lowest BCUT2D eigenvalue weighted by Gasteiger charge is -2.16. The fourth-order valence-electron chi connectivity index (χ4n) is 3.10. The third kappa shape index (κ3) is 2.36. The Labute approximate surface area is 143 Å². The van der Waals surface area contributed by atoms with Crippen LogP contribution in [0, 0.1) is 0 Å². The lowest BCUT2D eigenvalue weighted by molar-refractivity contribution is 0.721. The molecule has 2 aromatic carbocycles. The molecular formula is C20H17N3O2. The normalized spacial score (nSPS) is 11.5. The van der Waals surface area contributed by atoms with E-state index in [4.69, 9.17) is 0 Å². The molecule has 1 N–H and O–H groups in total. The maximum atomic E-state index is 13.2. The zero-order valence-electron chi connectivity index (χ0n) is 14.0. The fourth-order valence-corrected chi connectivity index (χ4v) is 3.10. The summed E-state index contributed by atoms with van der Waals surface area (Å²) in [5, 5.41) is 0.581. The standard InChI is InChI=1S/C20H17N3O2/c1-12(2)19-22-18-16(17(24)14-10-6-7-11-15(14)21-18)20(25)23(19)13-8-4-3-5-9-13/h3-12H,1-2H3,(H,21,24). The van der Waals surface area contributed by atoms with Gasteiger partial charge in [0.15, 0.2) is 0 Å². The Morgan fingerprint density at radius 1 is 0.960 bits per heavy atom. The molecule has 0 saturated heterocycles. The minimum Gasteiger partial charge on any atom is -0.339 e. The maximum Gasteiger partial charge on any atom is 0.271 e. The third-order valence-electron chi connectivity index (χ3n) is 4.29. The number of para-hydroxylation sites is 2. The quantitative estimate of drug-likeness (QED) is 0.573. The van der Waals surface area contributed by atoms with Gasteiger partial charge in [-0.1, -0.05) is 44.2 Å². The number of pyridine rings is 1. The summed E-state index contributed by atoms with van der Waals surface area (Å²) in [6.07, 6.45) is 0. The third-order valence-corrected chi connectivity index (χ3v) is 4.29. The predicted molar refractivity (Wildman–Crippen MR) is 99.6 cm³/mol. The van der Waals surface area contributed by atoms with Crippen molar-refractivity contribution in [3.63, 3.8) is 0 Å². The predicted octanol–water partition coefficient (Wildman–Crippen LogP) is 3.35. The van der Waals surface area contributed by atoms with Crippen LogP contribution in [0.3, 0.4) is 0 Å². The van der Waals surface area contributed by atoms with Crippen LogP contribution in [0.4, 0.5) is 0 Å². The molecule has 0 saturated carbocycles. The number of nitrogens with zero attached hydrogens (tertiary/aromatic N) is 2. The number of fused-ring (bicyclic) bond motifs is 2. The minimum atomic E-state index is -0.341. The van der Waals surface area contributed by atoms with E-state index in [1.165, 1.54) is 4.57 Å². The van der Waals surface area contributed by atoms with E-state index >= 15 is 0 Å². The van der Waals surface area contributed by atoms with Crippen LogP contribution in [0.1, 0.15) is 25.6 Å². The molecule has 4 rings (SSSR count). The number of aromatic amines is 1. The van der Waals surface area contributed by atoms with E-state index in [-0.39, 0.29) is 22.3 Å². The van der Waals surface area contributed by atoms with E-state index in [1.54, 1.807) is 12.1 Å². The first kappa shape index (κ1) is 15.3. The zero-order chi connectivity index (χ0) is 17.6. The summed E-state index contributed by atoms with van der Waals surface area (Å²) in [4.78, 5) is 33.9. The van der Waals surface area contributed by atoms with Gasteiger partial charge in [-0.2, -0.15) is 0 Å². The molecule has 2 heterocycles. The number of H-pyrrole nitrogens is 1. The summed E-state index contributed by atoms with van der Waals surface area (Å²) in [5.41, 5.74) is 1.09. The minimum absolute atomic E-state index is 0.0206. The van der Waals surface area contributed by atoms with Crippen molar-refractivity contribution < 1.29 is 0 Å². The molecule has 0 unspecified atom stereocenters. The summed E-state index contributed by atoms with van der Waals surface area (Å²) in [6.45, 7) is 3.96. The van der Waals surface area contributed by atoms with E-state index in [9.17, 15) is 9.59 Å². The number of hydrogen-bond donors (Lipinski definition) is 1. The molecule has 4 aromatic rings. The van der Waals surface area contributed by atoms with Crippen molar-refractivity contribution in [1.82, 2.24) is 14.5 Å². The van der Waals surface area contributed by atoms with Crippen molar-refractivity contribution in [3.8, 4) is 5.69 Å². The molecule has 0 fully saturated rings. The molecule has 0 radical (unpaired) electrons. The first-order valence-corrected chi connectivity index (χ1v) is 8.21. The van der Waals surface area contributed by atoms with Crippen molar-refractivity contribution >= 4 is 21.9 Å². The molecule has 0 aliphatic heterocycles. The Kier molecular flexibility index (Phi) is 3.50. The molecule has 2 aromatic heterocycles. The molecule has 5 nitrogen and oxygen atoms in total. The molecule has 0 aliphatic carbocycles. The zero-order valence-corrected chi connectivity index (χ0v) is 14.0. The van der Waals surface area contributed by atoms with Gasteiger partial charge in [-0.15, -0.1) is 0 Å². The average molecular weight is 331 g/mol. The van der Waals surface area contributed by atoms with Gasteiger partial charge in [0.1, 0.15) is 16.9 Å².